The molecule has 1 spiro atoms. The van der Waals surface area contributed by atoms with E-state index >= 15 is 0 Å². The van der Waals surface area contributed by atoms with Crippen LogP contribution in [-0.4, -0.2) is 61.1 Å². The van der Waals surface area contributed by atoms with E-state index in [0.29, 0.717) is 17.5 Å². The molecule has 1 N–H and O–H groups in total. The number of hydrogen-bond donors (Lipinski definition) is 1. The van der Waals surface area contributed by atoms with Gasteiger partial charge in [0.1, 0.15) is 0 Å². The summed E-state index contributed by atoms with van der Waals surface area (Å²) in [5, 5.41) is 3.58. The van der Waals surface area contributed by atoms with E-state index < -0.39 is 0 Å². The molecule has 1 aliphatic carbocycles. The summed E-state index contributed by atoms with van der Waals surface area (Å²) in [6, 6.07) is 1.24. The van der Waals surface area contributed by atoms with E-state index in [9.17, 15) is 0 Å². The van der Waals surface area contributed by atoms with Crippen LogP contribution in [0.25, 0.3) is 0 Å². The Balaban J connectivity index is 0.00000264. The van der Waals surface area contributed by atoms with Crippen LogP contribution in [0.5, 0.6) is 0 Å². The largest absolute Gasteiger partial charge is 0.356 e. The molecule has 0 aromatic heterocycles. The van der Waals surface area contributed by atoms with Gasteiger partial charge in [0.15, 0.2) is 5.96 Å². The molecule has 136 valence electrons. The third-order valence-electron chi connectivity index (χ3n) is 5.57. The average Bonchev–Trinajstić information content (AvgIpc) is 2.87. The van der Waals surface area contributed by atoms with E-state index in [1.54, 1.807) is 0 Å². The van der Waals surface area contributed by atoms with Gasteiger partial charge in [0.25, 0.3) is 0 Å². The van der Waals surface area contributed by atoms with Gasteiger partial charge in [0.2, 0.25) is 0 Å². The van der Waals surface area contributed by atoms with E-state index in [-0.39, 0.29) is 24.0 Å². The maximum Gasteiger partial charge on any atom is 0.193 e. The molecule has 1 heterocycles. The van der Waals surface area contributed by atoms with Gasteiger partial charge in [-0.25, -0.2) is 0 Å². The first-order valence-corrected chi connectivity index (χ1v) is 9.19. The van der Waals surface area contributed by atoms with Gasteiger partial charge >= 0.3 is 0 Å². The Morgan fingerprint density at radius 3 is 2.26 bits per heavy atom. The number of guanidine groups is 1. The standard InChI is InChI=1S/C18H36N4.HI/c1-15(2)22(16(3)4)12-7-11-20-17(19-5)21-13-10-18(14-21)8-6-9-18;/h15-16H,6-14H2,1-5H3,(H,19,20);1H. The van der Waals surface area contributed by atoms with Gasteiger partial charge in [-0.3, -0.25) is 9.89 Å². The highest BCUT2D eigenvalue weighted by atomic mass is 127. The number of likely N-dealkylation sites (tertiary alicyclic amines) is 1. The summed E-state index contributed by atoms with van der Waals surface area (Å²) in [6.45, 7) is 13.7. The summed E-state index contributed by atoms with van der Waals surface area (Å²) in [5.74, 6) is 1.12. The number of hydrogen-bond acceptors (Lipinski definition) is 2. The van der Waals surface area contributed by atoms with E-state index in [4.69, 9.17) is 0 Å². The Morgan fingerprint density at radius 1 is 1.17 bits per heavy atom. The second-order valence-corrected chi connectivity index (χ2v) is 7.78. The van der Waals surface area contributed by atoms with Crippen LogP contribution >= 0.6 is 24.0 Å². The molecule has 0 aromatic rings. The predicted octanol–water partition coefficient (Wildman–Crippen LogP) is 3.56. The molecule has 2 aliphatic rings. The van der Waals surface area contributed by atoms with Gasteiger partial charge in [-0.1, -0.05) is 6.42 Å². The minimum absolute atomic E-state index is 0. The number of nitrogens with one attached hydrogen (secondary N) is 1. The Hall–Kier alpha value is -0.0400. The van der Waals surface area contributed by atoms with Crippen molar-refractivity contribution in [3.63, 3.8) is 0 Å². The first-order valence-electron chi connectivity index (χ1n) is 9.19. The zero-order valence-corrected chi connectivity index (χ0v) is 18.1. The van der Waals surface area contributed by atoms with Crippen molar-refractivity contribution in [2.45, 2.75) is 71.9 Å². The normalized spacial score (nSPS) is 20.3. The van der Waals surface area contributed by atoms with Crippen molar-refractivity contribution < 1.29 is 0 Å². The van der Waals surface area contributed by atoms with Gasteiger partial charge in [0, 0.05) is 45.3 Å². The van der Waals surface area contributed by atoms with E-state index in [1.165, 1.54) is 45.2 Å². The molecule has 1 saturated heterocycles. The minimum Gasteiger partial charge on any atom is -0.356 e. The van der Waals surface area contributed by atoms with Crippen LogP contribution in [0.4, 0.5) is 0 Å². The second-order valence-electron chi connectivity index (χ2n) is 7.78. The van der Waals surface area contributed by atoms with Crippen molar-refractivity contribution in [1.82, 2.24) is 15.1 Å². The van der Waals surface area contributed by atoms with Crippen molar-refractivity contribution in [2.75, 3.05) is 33.2 Å². The molecular weight excluding hydrogens is 399 g/mol. The molecule has 0 radical (unpaired) electrons. The van der Waals surface area contributed by atoms with Crippen LogP contribution < -0.4 is 5.32 Å². The molecular formula is C18H37IN4. The van der Waals surface area contributed by atoms with Crippen LogP contribution in [0.3, 0.4) is 0 Å². The first-order chi connectivity index (χ1) is 10.5. The Labute approximate surface area is 160 Å². The maximum absolute atomic E-state index is 4.50. The molecule has 1 saturated carbocycles. The Kier molecular flexibility index (Phi) is 8.63. The lowest BCUT2D eigenvalue weighted by atomic mass is 9.68. The molecule has 2 fully saturated rings. The van der Waals surface area contributed by atoms with Crippen LogP contribution in [0.1, 0.15) is 59.8 Å². The summed E-state index contributed by atoms with van der Waals surface area (Å²) in [4.78, 5) is 9.53. The topological polar surface area (TPSA) is 30.9 Å². The number of nitrogens with zero attached hydrogens (tertiary/aromatic N) is 3. The van der Waals surface area contributed by atoms with Crippen molar-refractivity contribution in [2.24, 2.45) is 10.4 Å². The first kappa shape index (κ1) is 21.0. The van der Waals surface area contributed by atoms with Crippen LogP contribution in [0.15, 0.2) is 4.99 Å². The quantitative estimate of drug-likeness (QED) is 0.299. The SMILES string of the molecule is CN=C(NCCCN(C(C)C)C(C)C)N1CCC2(CCC2)C1.I. The van der Waals surface area contributed by atoms with E-state index in [1.807, 2.05) is 7.05 Å². The van der Waals surface area contributed by atoms with Gasteiger partial charge in [0.05, 0.1) is 0 Å². The highest BCUT2D eigenvalue weighted by molar-refractivity contribution is 14.0. The summed E-state index contributed by atoms with van der Waals surface area (Å²) >= 11 is 0. The predicted molar refractivity (Wildman–Crippen MR) is 111 cm³/mol. The van der Waals surface area contributed by atoms with Crippen LogP contribution in [0, 0.1) is 5.41 Å². The van der Waals surface area contributed by atoms with E-state index in [0.717, 1.165) is 19.0 Å². The summed E-state index contributed by atoms with van der Waals surface area (Å²) in [6.07, 6.45) is 6.83. The molecule has 1 aliphatic heterocycles. The minimum atomic E-state index is 0. The Morgan fingerprint density at radius 2 is 1.83 bits per heavy atom. The molecule has 0 aromatic carbocycles. The zero-order chi connectivity index (χ0) is 16.2. The summed E-state index contributed by atoms with van der Waals surface area (Å²) in [5.41, 5.74) is 0.643. The average molecular weight is 436 g/mol. The molecule has 4 nitrogen and oxygen atoms in total. The van der Waals surface area contributed by atoms with Crippen molar-refractivity contribution in [3.05, 3.63) is 0 Å². The molecule has 0 bridgehead atoms. The fraction of sp³-hybridized carbons (Fsp3) is 0.944. The smallest absolute Gasteiger partial charge is 0.193 e. The summed E-state index contributed by atoms with van der Waals surface area (Å²) in [7, 11) is 1.92. The Bertz CT molecular complexity index is 369. The third-order valence-corrected chi connectivity index (χ3v) is 5.57. The summed E-state index contributed by atoms with van der Waals surface area (Å²) < 4.78 is 0. The molecule has 0 atom stereocenters. The lowest BCUT2D eigenvalue weighted by molar-refractivity contribution is 0.151. The lowest BCUT2D eigenvalue weighted by Gasteiger charge is -2.38. The van der Waals surface area contributed by atoms with Crippen molar-refractivity contribution in [3.8, 4) is 0 Å². The number of rotatable bonds is 6. The lowest BCUT2D eigenvalue weighted by Crippen LogP contribution is -2.44. The van der Waals surface area contributed by atoms with Gasteiger partial charge in [-0.05, 0) is 58.8 Å². The third kappa shape index (κ3) is 5.48. The maximum atomic E-state index is 4.50. The zero-order valence-electron chi connectivity index (χ0n) is 15.8. The second kappa shape index (κ2) is 9.44. The highest BCUT2D eigenvalue weighted by Gasteiger charge is 2.43. The number of aliphatic imine (C=N–C) groups is 1. The monoisotopic (exact) mass is 436 g/mol. The molecule has 23 heavy (non-hydrogen) atoms. The fourth-order valence-electron chi connectivity index (χ4n) is 4.11. The van der Waals surface area contributed by atoms with Gasteiger partial charge < -0.3 is 10.2 Å². The molecule has 5 heteroatoms. The van der Waals surface area contributed by atoms with Crippen molar-refractivity contribution >= 4 is 29.9 Å². The molecule has 2 rings (SSSR count). The van der Waals surface area contributed by atoms with E-state index in [2.05, 4.69) is 47.8 Å². The van der Waals surface area contributed by atoms with Gasteiger partial charge in [-0.15, -0.1) is 24.0 Å². The fourth-order valence-corrected chi connectivity index (χ4v) is 4.11. The van der Waals surface area contributed by atoms with Crippen LogP contribution in [0.2, 0.25) is 0 Å². The van der Waals surface area contributed by atoms with Crippen LogP contribution in [-0.2, 0) is 0 Å². The highest BCUT2D eigenvalue weighted by Crippen LogP contribution is 2.47. The van der Waals surface area contributed by atoms with Gasteiger partial charge in [-0.2, -0.15) is 0 Å². The van der Waals surface area contributed by atoms with Crippen molar-refractivity contribution in [1.29, 1.82) is 0 Å². The number of halogens is 1. The molecule has 0 unspecified atom stereocenters. The molecule has 0 amide bonds.